The minimum Gasteiger partial charge on any atom is -0.339 e. The molecule has 5 heteroatoms. The number of pyridine rings is 1. The molecule has 2 aromatic rings. The molecule has 0 N–H and O–H groups in total. The zero-order chi connectivity index (χ0) is 16.9. The van der Waals surface area contributed by atoms with Gasteiger partial charge in [0.15, 0.2) is 0 Å². The van der Waals surface area contributed by atoms with Gasteiger partial charge in [0.05, 0.1) is 12.1 Å². The van der Waals surface area contributed by atoms with Gasteiger partial charge in [0.25, 0.3) is 11.5 Å². The molecule has 0 saturated carbocycles. The number of likely N-dealkylation sites (tertiary alicyclic amines) is 1. The van der Waals surface area contributed by atoms with Gasteiger partial charge in [-0.3, -0.25) is 9.59 Å². The first-order chi connectivity index (χ1) is 11.7. The molecule has 3 rings (SSSR count). The van der Waals surface area contributed by atoms with Crippen LogP contribution in [0.2, 0.25) is 0 Å². The first-order valence-corrected chi connectivity index (χ1v) is 8.16. The predicted octanol–water partition coefficient (Wildman–Crippen LogP) is 2.39. The molecule has 1 aromatic heterocycles. The van der Waals surface area contributed by atoms with Crippen LogP contribution in [0.15, 0.2) is 47.4 Å². The lowest BCUT2D eigenvalue weighted by Crippen LogP contribution is -2.35. The van der Waals surface area contributed by atoms with E-state index in [-0.39, 0.29) is 11.5 Å². The second-order valence-electron chi connectivity index (χ2n) is 6.05. The SMILES string of the molecule is N#Cc1ccc(=O)n(Cc2cccc(C(=O)N3CCCCC3)c2)c1. The minimum atomic E-state index is -0.165. The van der Waals surface area contributed by atoms with Crippen molar-refractivity contribution in [2.75, 3.05) is 13.1 Å². The van der Waals surface area contributed by atoms with Gasteiger partial charge in [0, 0.05) is 30.9 Å². The van der Waals surface area contributed by atoms with Gasteiger partial charge >= 0.3 is 0 Å². The molecule has 0 radical (unpaired) electrons. The van der Waals surface area contributed by atoms with Crippen molar-refractivity contribution in [3.8, 4) is 6.07 Å². The molecule has 1 fully saturated rings. The Morgan fingerprint density at radius 1 is 1.12 bits per heavy atom. The summed E-state index contributed by atoms with van der Waals surface area (Å²) in [6, 6.07) is 12.3. The number of nitrogens with zero attached hydrogens (tertiary/aromatic N) is 3. The number of rotatable bonds is 3. The van der Waals surface area contributed by atoms with Gasteiger partial charge in [-0.2, -0.15) is 5.26 Å². The molecular formula is C19H19N3O2. The lowest BCUT2D eigenvalue weighted by molar-refractivity contribution is 0.0724. The monoisotopic (exact) mass is 321 g/mol. The van der Waals surface area contributed by atoms with Crippen LogP contribution in [0.25, 0.3) is 0 Å². The highest BCUT2D eigenvalue weighted by atomic mass is 16.2. The summed E-state index contributed by atoms with van der Waals surface area (Å²) in [5.41, 5.74) is 1.80. The first kappa shape index (κ1) is 16.0. The number of carbonyl (C=O) groups excluding carboxylic acids is 1. The number of benzene rings is 1. The molecular weight excluding hydrogens is 302 g/mol. The van der Waals surface area contributed by atoms with Crippen LogP contribution in [0.4, 0.5) is 0 Å². The Bertz CT molecular complexity index is 842. The summed E-state index contributed by atoms with van der Waals surface area (Å²) in [7, 11) is 0. The Labute approximate surface area is 140 Å². The molecule has 1 aromatic carbocycles. The highest BCUT2D eigenvalue weighted by molar-refractivity contribution is 5.94. The van der Waals surface area contributed by atoms with Crippen molar-refractivity contribution < 1.29 is 4.79 Å². The van der Waals surface area contributed by atoms with Crippen molar-refractivity contribution in [1.82, 2.24) is 9.47 Å². The zero-order valence-corrected chi connectivity index (χ0v) is 13.4. The highest BCUT2D eigenvalue weighted by Gasteiger charge is 2.18. The molecule has 1 aliphatic rings. The van der Waals surface area contributed by atoms with Crippen molar-refractivity contribution in [1.29, 1.82) is 5.26 Å². The maximum absolute atomic E-state index is 12.6. The topological polar surface area (TPSA) is 66.1 Å². The van der Waals surface area contributed by atoms with E-state index >= 15 is 0 Å². The number of hydrogen-bond donors (Lipinski definition) is 0. The smallest absolute Gasteiger partial charge is 0.253 e. The Balaban J connectivity index is 1.82. The van der Waals surface area contributed by atoms with Crippen LogP contribution in [-0.4, -0.2) is 28.5 Å². The fourth-order valence-corrected chi connectivity index (χ4v) is 3.00. The first-order valence-electron chi connectivity index (χ1n) is 8.16. The van der Waals surface area contributed by atoms with E-state index in [0.717, 1.165) is 31.5 Å². The van der Waals surface area contributed by atoms with Crippen LogP contribution in [0, 0.1) is 11.3 Å². The standard InChI is InChI=1S/C19H19N3O2/c20-12-16-7-8-18(23)22(14-16)13-15-5-4-6-17(11-15)19(24)21-9-2-1-3-10-21/h4-8,11,14H,1-3,9-10,13H2. The summed E-state index contributed by atoms with van der Waals surface area (Å²) in [5, 5.41) is 8.96. The summed E-state index contributed by atoms with van der Waals surface area (Å²) < 4.78 is 1.49. The molecule has 0 aliphatic carbocycles. The second-order valence-corrected chi connectivity index (χ2v) is 6.05. The molecule has 2 heterocycles. The Morgan fingerprint density at radius 3 is 2.67 bits per heavy atom. The van der Waals surface area contributed by atoms with Gasteiger partial charge < -0.3 is 9.47 Å². The van der Waals surface area contributed by atoms with E-state index in [9.17, 15) is 9.59 Å². The van der Waals surface area contributed by atoms with Crippen LogP contribution in [0.1, 0.15) is 40.7 Å². The maximum Gasteiger partial charge on any atom is 0.253 e. The number of amides is 1. The third-order valence-corrected chi connectivity index (χ3v) is 4.28. The third kappa shape index (κ3) is 3.54. The number of piperidine rings is 1. The van der Waals surface area contributed by atoms with Crippen molar-refractivity contribution in [3.05, 3.63) is 69.6 Å². The lowest BCUT2D eigenvalue weighted by atomic mass is 10.1. The van der Waals surface area contributed by atoms with E-state index in [2.05, 4.69) is 0 Å². The molecule has 1 aliphatic heterocycles. The minimum absolute atomic E-state index is 0.0506. The normalized spacial score (nSPS) is 14.2. The van der Waals surface area contributed by atoms with Crippen molar-refractivity contribution in [2.24, 2.45) is 0 Å². The molecule has 1 saturated heterocycles. The molecule has 24 heavy (non-hydrogen) atoms. The van der Waals surface area contributed by atoms with E-state index in [0.29, 0.717) is 17.7 Å². The van der Waals surface area contributed by atoms with Crippen LogP contribution in [0.5, 0.6) is 0 Å². The maximum atomic E-state index is 12.6. The summed E-state index contributed by atoms with van der Waals surface area (Å²) in [6.45, 7) is 1.97. The molecule has 0 atom stereocenters. The molecule has 0 bridgehead atoms. The predicted molar refractivity (Wildman–Crippen MR) is 90.7 cm³/mol. The fraction of sp³-hybridized carbons (Fsp3) is 0.316. The average molecular weight is 321 g/mol. The van der Waals surface area contributed by atoms with Gasteiger partial charge in [-0.25, -0.2) is 0 Å². The largest absolute Gasteiger partial charge is 0.339 e. The van der Waals surface area contributed by atoms with E-state index in [1.165, 1.54) is 23.1 Å². The van der Waals surface area contributed by atoms with Crippen molar-refractivity contribution in [3.63, 3.8) is 0 Å². The average Bonchev–Trinajstić information content (AvgIpc) is 2.64. The van der Waals surface area contributed by atoms with E-state index in [1.54, 1.807) is 6.20 Å². The fourth-order valence-electron chi connectivity index (χ4n) is 3.00. The van der Waals surface area contributed by atoms with Gasteiger partial charge in [0.2, 0.25) is 0 Å². The Hall–Kier alpha value is -2.87. The molecule has 122 valence electrons. The number of carbonyl (C=O) groups is 1. The number of hydrogen-bond acceptors (Lipinski definition) is 3. The molecule has 0 unspecified atom stereocenters. The molecule has 1 amide bonds. The lowest BCUT2D eigenvalue weighted by Gasteiger charge is -2.26. The van der Waals surface area contributed by atoms with Crippen LogP contribution in [0.3, 0.4) is 0 Å². The quantitative estimate of drug-likeness (QED) is 0.872. The van der Waals surface area contributed by atoms with Crippen LogP contribution < -0.4 is 5.56 Å². The number of aromatic nitrogens is 1. The number of nitriles is 1. The van der Waals surface area contributed by atoms with Gasteiger partial charge in [-0.05, 0) is 43.0 Å². The molecule has 5 nitrogen and oxygen atoms in total. The summed E-state index contributed by atoms with van der Waals surface area (Å²) >= 11 is 0. The summed E-state index contributed by atoms with van der Waals surface area (Å²) in [6.07, 6.45) is 4.84. The van der Waals surface area contributed by atoms with Gasteiger partial charge in [0.1, 0.15) is 6.07 Å². The van der Waals surface area contributed by atoms with Crippen molar-refractivity contribution in [2.45, 2.75) is 25.8 Å². The Kier molecular flexibility index (Phi) is 4.76. The highest BCUT2D eigenvalue weighted by Crippen LogP contribution is 2.14. The summed E-state index contributed by atoms with van der Waals surface area (Å²) in [5.74, 6) is 0.0506. The van der Waals surface area contributed by atoms with Crippen LogP contribution >= 0.6 is 0 Å². The third-order valence-electron chi connectivity index (χ3n) is 4.28. The van der Waals surface area contributed by atoms with E-state index in [4.69, 9.17) is 5.26 Å². The van der Waals surface area contributed by atoms with Crippen LogP contribution in [-0.2, 0) is 6.54 Å². The van der Waals surface area contributed by atoms with E-state index < -0.39 is 0 Å². The zero-order valence-electron chi connectivity index (χ0n) is 13.4. The van der Waals surface area contributed by atoms with Gasteiger partial charge in [-0.1, -0.05) is 12.1 Å². The van der Waals surface area contributed by atoms with Gasteiger partial charge in [-0.15, -0.1) is 0 Å². The van der Waals surface area contributed by atoms with Crippen molar-refractivity contribution >= 4 is 5.91 Å². The molecule has 0 spiro atoms. The second kappa shape index (κ2) is 7.14. The summed E-state index contributed by atoms with van der Waals surface area (Å²) in [4.78, 5) is 26.4. The Morgan fingerprint density at radius 2 is 1.92 bits per heavy atom. The van der Waals surface area contributed by atoms with E-state index in [1.807, 2.05) is 35.2 Å².